The number of carbonyl (C=O) groups excluding carboxylic acids is 1. The summed E-state index contributed by atoms with van der Waals surface area (Å²) in [6, 6.07) is 6.27. The number of alkyl halides is 2. The molecule has 1 N–H and O–H groups in total. The lowest BCUT2D eigenvalue weighted by molar-refractivity contribution is 0.0954. The van der Waals surface area contributed by atoms with E-state index in [0.717, 1.165) is 19.3 Å². The van der Waals surface area contributed by atoms with Gasteiger partial charge in [-0.25, -0.2) is 0 Å². The van der Waals surface area contributed by atoms with Crippen LogP contribution in [0.15, 0.2) is 40.8 Å². The van der Waals surface area contributed by atoms with Gasteiger partial charge in [0.1, 0.15) is 0 Å². The molecule has 0 bridgehead atoms. The first kappa shape index (κ1) is 16.0. The van der Waals surface area contributed by atoms with Crippen molar-refractivity contribution in [2.75, 3.05) is 6.54 Å². The van der Waals surface area contributed by atoms with Gasteiger partial charge in [-0.1, -0.05) is 23.4 Å². The highest BCUT2D eigenvalue weighted by atomic mass is 32.2. The number of nitrogens with one attached hydrogen (secondary N) is 1. The lowest BCUT2D eigenvalue weighted by Gasteiger charge is -2.13. The molecule has 0 saturated heterocycles. The van der Waals surface area contributed by atoms with Crippen molar-refractivity contribution < 1.29 is 13.6 Å². The molecule has 1 aliphatic carbocycles. The maximum atomic E-state index is 12.2. The molecule has 0 fully saturated rings. The summed E-state index contributed by atoms with van der Waals surface area (Å²) < 4.78 is 24.4. The van der Waals surface area contributed by atoms with Crippen molar-refractivity contribution >= 4 is 17.7 Å². The summed E-state index contributed by atoms with van der Waals surface area (Å²) in [5, 5.41) is 2.87. The highest BCUT2D eigenvalue weighted by Gasteiger charge is 2.09. The molecule has 0 atom stereocenters. The SMILES string of the molecule is O=C(NCCC1=CCCCC1)c1ccc(SC(F)F)cc1. The van der Waals surface area contributed by atoms with Gasteiger partial charge in [-0.2, -0.15) is 8.78 Å². The molecule has 0 radical (unpaired) electrons. The van der Waals surface area contributed by atoms with Crippen molar-refractivity contribution in [2.45, 2.75) is 42.8 Å². The van der Waals surface area contributed by atoms with Gasteiger partial charge in [0.25, 0.3) is 11.7 Å². The van der Waals surface area contributed by atoms with Gasteiger partial charge in [-0.15, -0.1) is 0 Å². The van der Waals surface area contributed by atoms with E-state index in [1.807, 2.05) is 0 Å². The van der Waals surface area contributed by atoms with Crippen LogP contribution in [0.4, 0.5) is 8.78 Å². The van der Waals surface area contributed by atoms with Crippen molar-refractivity contribution in [3.63, 3.8) is 0 Å². The van der Waals surface area contributed by atoms with E-state index in [1.54, 1.807) is 24.3 Å². The van der Waals surface area contributed by atoms with Gasteiger partial charge in [0.05, 0.1) is 0 Å². The Kier molecular flexibility index (Phi) is 6.23. The molecule has 1 aromatic rings. The van der Waals surface area contributed by atoms with Crippen LogP contribution in [-0.2, 0) is 0 Å². The molecule has 21 heavy (non-hydrogen) atoms. The molecule has 0 spiro atoms. The van der Waals surface area contributed by atoms with Crippen LogP contribution >= 0.6 is 11.8 Å². The van der Waals surface area contributed by atoms with E-state index in [1.165, 1.54) is 18.4 Å². The lowest BCUT2D eigenvalue weighted by atomic mass is 9.97. The minimum absolute atomic E-state index is 0.153. The summed E-state index contributed by atoms with van der Waals surface area (Å²) in [6.07, 6.45) is 7.95. The number of thioether (sulfide) groups is 1. The highest BCUT2D eigenvalue weighted by molar-refractivity contribution is 7.99. The first-order chi connectivity index (χ1) is 10.1. The number of hydrogen-bond acceptors (Lipinski definition) is 2. The van der Waals surface area contributed by atoms with E-state index >= 15 is 0 Å². The van der Waals surface area contributed by atoms with Gasteiger partial charge in [0.2, 0.25) is 0 Å². The minimum atomic E-state index is -2.44. The van der Waals surface area contributed by atoms with Crippen LogP contribution in [0, 0.1) is 0 Å². The molecule has 0 aromatic heterocycles. The number of allylic oxidation sites excluding steroid dienone is 1. The van der Waals surface area contributed by atoms with Crippen LogP contribution < -0.4 is 5.32 Å². The largest absolute Gasteiger partial charge is 0.352 e. The summed E-state index contributed by atoms with van der Waals surface area (Å²) in [7, 11) is 0. The maximum absolute atomic E-state index is 12.2. The number of rotatable bonds is 6. The lowest BCUT2D eigenvalue weighted by Crippen LogP contribution is -2.24. The number of benzene rings is 1. The van der Waals surface area contributed by atoms with Crippen LogP contribution in [0.1, 0.15) is 42.5 Å². The van der Waals surface area contributed by atoms with Crippen molar-refractivity contribution in [1.82, 2.24) is 5.32 Å². The molecular weight excluding hydrogens is 292 g/mol. The third kappa shape index (κ3) is 5.50. The molecule has 2 rings (SSSR count). The predicted octanol–water partition coefficient (Wildman–Crippen LogP) is 4.62. The molecule has 0 aliphatic heterocycles. The van der Waals surface area contributed by atoms with Crippen molar-refractivity contribution in [3.8, 4) is 0 Å². The van der Waals surface area contributed by atoms with Gasteiger partial charge in [-0.05, 0) is 56.4 Å². The topological polar surface area (TPSA) is 29.1 Å². The predicted molar refractivity (Wildman–Crippen MR) is 81.8 cm³/mol. The Morgan fingerprint density at radius 3 is 2.62 bits per heavy atom. The Labute approximate surface area is 128 Å². The van der Waals surface area contributed by atoms with E-state index in [9.17, 15) is 13.6 Å². The second kappa shape index (κ2) is 8.17. The molecule has 1 amide bonds. The second-order valence-electron chi connectivity index (χ2n) is 5.02. The number of hydrogen-bond donors (Lipinski definition) is 1. The Hall–Kier alpha value is -1.36. The quantitative estimate of drug-likeness (QED) is 0.613. The first-order valence-corrected chi connectivity index (χ1v) is 8.04. The van der Waals surface area contributed by atoms with Crippen LogP contribution in [-0.4, -0.2) is 18.2 Å². The van der Waals surface area contributed by atoms with Crippen molar-refractivity contribution in [3.05, 3.63) is 41.5 Å². The van der Waals surface area contributed by atoms with E-state index < -0.39 is 5.76 Å². The number of amides is 1. The van der Waals surface area contributed by atoms with E-state index in [2.05, 4.69) is 11.4 Å². The van der Waals surface area contributed by atoms with Crippen LogP contribution in [0.3, 0.4) is 0 Å². The second-order valence-corrected chi connectivity index (χ2v) is 6.08. The average molecular weight is 311 g/mol. The van der Waals surface area contributed by atoms with Crippen molar-refractivity contribution in [2.24, 2.45) is 0 Å². The zero-order valence-electron chi connectivity index (χ0n) is 11.8. The smallest absolute Gasteiger partial charge is 0.288 e. The molecular formula is C16H19F2NOS. The van der Waals surface area contributed by atoms with E-state index in [4.69, 9.17) is 0 Å². The van der Waals surface area contributed by atoms with Crippen LogP contribution in [0.5, 0.6) is 0 Å². The van der Waals surface area contributed by atoms with Crippen molar-refractivity contribution in [1.29, 1.82) is 0 Å². The summed E-state index contributed by atoms with van der Waals surface area (Å²) >= 11 is 0.483. The Bertz CT molecular complexity index is 500. The monoisotopic (exact) mass is 311 g/mol. The summed E-state index contributed by atoms with van der Waals surface area (Å²) in [5.74, 6) is -2.59. The van der Waals surface area contributed by atoms with Gasteiger partial charge in [-0.3, -0.25) is 4.79 Å². The van der Waals surface area contributed by atoms with E-state index in [0.29, 0.717) is 28.8 Å². The highest BCUT2D eigenvalue weighted by Crippen LogP contribution is 2.25. The Morgan fingerprint density at radius 2 is 2.00 bits per heavy atom. The number of halogens is 2. The summed E-state index contributed by atoms with van der Waals surface area (Å²) in [4.78, 5) is 12.4. The molecule has 5 heteroatoms. The zero-order chi connectivity index (χ0) is 15.1. The molecule has 2 nitrogen and oxygen atoms in total. The molecule has 114 valence electrons. The normalized spacial score (nSPS) is 14.9. The number of carbonyl (C=O) groups is 1. The maximum Gasteiger partial charge on any atom is 0.288 e. The molecule has 0 unspecified atom stereocenters. The van der Waals surface area contributed by atoms with Gasteiger partial charge >= 0.3 is 0 Å². The molecule has 1 aliphatic rings. The van der Waals surface area contributed by atoms with Gasteiger partial charge in [0, 0.05) is 17.0 Å². The molecule has 1 aromatic carbocycles. The molecule has 0 saturated carbocycles. The third-order valence-electron chi connectivity index (χ3n) is 3.46. The van der Waals surface area contributed by atoms with Gasteiger partial charge in [0.15, 0.2) is 0 Å². The fraction of sp³-hybridized carbons (Fsp3) is 0.438. The molecule has 0 heterocycles. The van der Waals surface area contributed by atoms with Crippen LogP contribution in [0.25, 0.3) is 0 Å². The van der Waals surface area contributed by atoms with E-state index in [-0.39, 0.29) is 5.91 Å². The van der Waals surface area contributed by atoms with Gasteiger partial charge < -0.3 is 5.32 Å². The average Bonchev–Trinajstić information content (AvgIpc) is 2.48. The zero-order valence-corrected chi connectivity index (χ0v) is 12.6. The fourth-order valence-corrected chi connectivity index (χ4v) is 2.86. The summed E-state index contributed by atoms with van der Waals surface area (Å²) in [5.41, 5.74) is 1.93. The third-order valence-corrected chi connectivity index (χ3v) is 4.18. The standard InChI is InChI=1S/C16H19F2NOS/c17-16(18)21-14-8-6-13(7-9-14)15(20)19-11-10-12-4-2-1-3-5-12/h4,6-9,16H,1-3,5,10-11H2,(H,19,20). The fourth-order valence-electron chi connectivity index (χ4n) is 2.36. The Balaban J connectivity index is 1.78. The first-order valence-electron chi connectivity index (χ1n) is 7.16. The summed E-state index contributed by atoms with van der Waals surface area (Å²) in [6.45, 7) is 0.623. The van der Waals surface area contributed by atoms with Crippen LogP contribution in [0.2, 0.25) is 0 Å². The minimum Gasteiger partial charge on any atom is -0.352 e. The Morgan fingerprint density at radius 1 is 1.24 bits per heavy atom.